The van der Waals surface area contributed by atoms with E-state index in [9.17, 15) is 9.59 Å². The number of rotatable bonds is 7. The summed E-state index contributed by atoms with van der Waals surface area (Å²) in [4.78, 5) is 29.6. The molecule has 0 radical (unpaired) electrons. The molecule has 1 aromatic rings. The van der Waals surface area contributed by atoms with Gasteiger partial charge in [0.05, 0.1) is 24.0 Å². The fourth-order valence-electron chi connectivity index (χ4n) is 1.81. The number of nitrogen functional groups attached to an aromatic ring is 1. The van der Waals surface area contributed by atoms with Crippen LogP contribution in [-0.2, 0) is 4.79 Å². The smallest absolute Gasteiger partial charge is 0.256 e. The van der Waals surface area contributed by atoms with Gasteiger partial charge < -0.3 is 16.0 Å². The molecule has 3 N–H and O–H groups in total. The van der Waals surface area contributed by atoms with Crippen LogP contribution in [0.4, 0.5) is 5.69 Å². The average Bonchev–Trinajstić information content (AvgIpc) is 2.46. The molecule has 116 valence electrons. The molecule has 0 saturated carbocycles. The number of hydrogen-bond acceptors (Lipinski definition) is 4. The molecule has 0 aliphatic rings. The van der Waals surface area contributed by atoms with E-state index < -0.39 is 0 Å². The number of nitrogens with zero attached hydrogens (tertiary/aromatic N) is 2. The van der Waals surface area contributed by atoms with Crippen LogP contribution in [0.5, 0.6) is 0 Å². The van der Waals surface area contributed by atoms with Crippen molar-refractivity contribution in [3.05, 3.63) is 23.0 Å². The van der Waals surface area contributed by atoms with Crippen molar-refractivity contribution in [1.82, 2.24) is 15.2 Å². The topological polar surface area (TPSA) is 88.3 Å². The zero-order valence-electron chi connectivity index (χ0n) is 12.4. The van der Waals surface area contributed by atoms with E-state index in [0.29, 0.717) is 13.1 Å². The van der Waals surface area contributed by atoms with Crippen molar-refractivity contribution in [1.29, 1.82) is 0 Å². The zero-order valence-corrected chi connectivity index (χ0v) is 13.1. The maximum atomic E-state index is 12.5. The molecular formula is C14H21ClN4O2. The van der Waals surface area contributed by atoms with Crippen LogP contribution in [0, 0.1) is 0 Å². The van der Waals surface area contributed by atoms with E-state index in [1.54, 1.807) is 0 Å². The van der Waals surface area contributed by atoms with Gasteiger partial charge in [0.15, 0.2) is 0 Å². The van der Waals surface area contributed by atoms with Crippen LogP contribution in [0.1, 0.15) is 37.0 Å². The van der Waals surface area contributed by atoms with Crippen molar-refractivity contribution in [3.63, 3.8) is 0 Å². The van der Waals surface area contributed by atoms with Crippen LogP contribution in [0.3, 0.4) is 0 Å². The average molecular weight is 313 g/mol. The van der Waals surface area contributed by atoms with Gasteiger partial charge in [0, 0.05) is 13.1 Å². The molecule has 6 nitrogen and oxygen atoms in total. The van der Waals surface area contributed by atoms with Gasteiger partial charge in [-0.2, -0.15) is 0 Å². The van der Waals surface area contributed by atoms with Crippen molar-refractivity contribution in [2.45, 2.75) is 26.7 Å². The van der Waals surface area contributed by atoms with Gasteiger partial charge in [-0.25, -0.2) is 4.98 Å². The lowest BCUT2D eigenvalue weighted by Crippen LogP contribution is -2.41. The van der Waals surface area contributed by atoms with Crippen LogP contribution in [0.15, 0.2) is 12.3 Å². The summed E-state index contributed by atoms with van der Waals surface area (Å²) in [7, 11) is 0. The molecule has 0 aliphatic carbocycles. The van der Waals surface area contributed by atoms with Crippen molar-refractivity contribution in [2.24, 2.45) is 0 Å². The molecule has 1 heterocycles. The number of carbonyl (C=O) groups excluding carboxylic acids is 2. The third-order valence-corrected chi connectivity index (χ3v) is 3.03. The highest BCUT2D eigenvalue weighted by molar-refractivity contribution is 6.29. The van der Waals surface area contributed by atoms with Crippen molar-refractivity contribution in [2.75, 3.05) is 25.4 Å². The molecule has 21 heavy (non-hydrogen) atoms. The fourth-order valence-corrected chi connectivity index (χ4v) is 1.97. The Morgan fingerprint density at radius 1 is 1.38 bits per heavy atom. The molecule has 0 saturated heterocycles. The van der Waals surface area contributed by atoms with E-state index in [4.69, 9.17) is 17.3 Å². The first-order chi connectivity index (χ1) is 9.99. The maximum absolute atomic E-state index is 12.5. The van der Waals surface area contributed by atoms with Gasteiger partial charge in [-0.15, -0.1) is 0 Å². The Kier molecular flexibility index (Phi) is 6.94. The number of anilines is 1. The zero-order chi connectivity index (χ0) is 15.8. The molecule has 1 rings (SSSR count). The van der Waals surface area contributed by atoms with Gasteiger partial charge in [-0.3, -0.25) is 9.59 Å². The molecule has 0 fully saturated rings. The predicted molar refractivity (Wildman–Crippen MR) is 83.2 cm³/mol. The molecule has 0 bridgehead atoms. The normalized spacial score (nSPS) is 10.2. The van der Waals surface area contributed by atoms with Gasteiger partial charge in [0.1, 0.15) is 5.15 Å². The van der Waals surface area contributed by atoms with Crippen LogP contribution in [0.25, 0.3) is 0 Å². The SMILES string of the molecule is CCCNC(=O)CN(CCC)C(=O)c1cc(Cl)ncc1N. The quantitative estimate of drug-likeness (QED) is 0.750. The first-order valence-corrected chi connectivity index (χ1v) is 7.34. The van der Waals surface area contributed by atoms with Crippen LogP contribution in [-0.4, -0.2) is 41.3 Å². The first-order valence-electron chi connectivity index (χ1n) is 6.96. The molecule has 0 aromatic carbocycles. The minimum Gasteiger partial charge on any atom is -0.397 e. The summed E-state index contributed by atoms with van der Waals surface area (Å²) < 4.78 is 0. The highest BCUT2D eigenvalue weighted by Crippen LogP contribution is 2.17. The molecule has 0 atom stereocenters. The number of aromatic nitrogens is 1. The van der Waals surface area contributed by atoms with Crippen LogP contribution in [0.2, 0.25) is 5.15 Å². The number of nitrogens with one attached hydrogen (secondary N) is 1. The van der Waals surface area contributed by atoms with Gasteiger partial charge in [-0.05, 0) is 18.9 Å². The van der Waals surface area contributed by atoms with E-state index in [2.05, 4.69) is 10.3 Å². The Bertz CT molecular complexity index is 508. The number of pyridine rings is 1. The molecule has 0 aliphatic heterocycles. The molecule has 2 amide bonds. The number of amides is 2. The van der Waals surface area contributed by atoms with Crippen LogP contribution >= 0.6 is 11.6 Å². The maximum Gasteiger partial charge on any atom is 0.256 e. The third-order valence-electron chi connectivity index (χ3n) is 2.82. The summed E-state index contributed by atoms with van der Waals surface area (Å²) in [5.74, 6) is -0.498. The van der Waals surface area contributed by atoms with Crippen molar-refractivity contribution in [3.8, 4) is 0 Å². The second-order valence-corrected chi connectivity index (χ2v) is 5.06. The summed E-state index contributed by atoms with van der Waals surface area (Å²) in [6, 6.07) is 1.42. The third kappa shape index (κ3) is 5.23. The van der Waals surface area contributed by atoms with Gasteiger partial charge in [0.25, 0.3) is 5.91 Å². The number of halogens is 1. The lowest BCUT2D eigenvalue weighted by Gasteiger charge is -2.22. The van der Waals surface area contributed by atoms with E-state index >= 15 is 0 Å². The van der Waals surface area contributed by atoms with Gasteiger partial charge in [0.2, 0.25) is 5.91 Å². The van der Waals surface area contributed by atoms with Gasteiger partial charge in [-0.1, -0.05) is 25.4 Å². The Balaban J connectivity index is 2.86. The molecule has 1 aromatic heterocycles. The molecule has 7 heteroatoms. The monoisotopic (exact) mass is 312 g/mol. The molecular weight excluding hydrogens is 292 g/mol. The lowest BCUT2D eigenvalue weighted by molar-refractivity contribution is -0.121. The van der Waals surface area contributed by atoms with Gasteiger partial charge >= 0.3 is 0 Å². The van der Waals surface area contributed by atoms with E-state index in [1.165, 1.54) is 17.2 Å². The minimum atomic E-state index is -0.315. The summed E-state index contributed by atoms with van der Waals surface area (Å²) in [6.45, 7) is 4.97. The first kappa shape index (κ1) is 17.2. The Morgan fingerprint density at radius 3 is 2.71 bits per heavy atom. The molecule has 0 unspecified atom stereocenters. The predicted octanol–water partition coefficient (Wildman–Crippen LogP) is 1.70. The van der Waals surface area contributed by atoms with Crippen molar-refractivity contribution >= 4 is 29.1 Å². The van der Waals surface area contributed by atoms with E-state index in [0.717, 1.165) is 12.8 Å². The second-order valence-electron chi connectivity index (χ2n) is 4.67. The second kappa shape index (κ2) is 8.46. The Hall–Kier alpha value is -1.82. The number of hydrogen-bond donors (Lipinski definition) is 2. The summed E-state index contributed by atoms with van der Waals surface area (Å²) in [5.41, 5.74) is 6.29. The summed E-state index contributed by atoms with van der Waals surface area (Å²) in [6.07, 6.45) is 2.93. The van der Waals surface area contributed by atoms with E-state index in [1.807, 2.05) is 13.8 Å². The minimum absolute atomic E-state index is 0.00601. The molecule has 0 spiro atoms. The van der Waals surface area contributed by atoms with Crippen molar-refractivity contribution < 1.29 is 9.59 Å². The number of carbonyl (C=O) groups is 2. The fraction of sp³-hybridized carbons (Fsp3) is 0.500. The number of nitrogens with two attached hydrogens (primary N) is 1. The highest BCUT2D eigenvalue weighted by atomic mass is 35.5. The highest BCUT2D eigenvalue weighted by Gasteiger charge is 2.20. The van der Waals surface area contributed by atoms with E-state index in [-0.39, 0.29) is 34.8 Å². The standard InChI is InChI=1S/C14H21ClN4O2/c1-3-5-17-13(20)9-19(6-4-2)14(21)10-7-12(15)18-8-11(10)16/h7-8H,3-6,9,16H2,1-2H3,(H,17,20). The lowest BCUT2D eigenvalue weighted by atomic mass is 10.2. The van der Waals surface area contributed by atoms with Crippen LogP contribution < -0.4 is 11.1 Å². The Morgan fingerprint density at radius 2 is 2.10 bits per heavy atom. The Labute approximate surface area is 129 Å². The summed E-state index contributed by atoms with van der Waals surface area (Å²) >= 11 is 5.80. The summed E-state index contributed by atoms with van der Waals surface area (Å²) in [5, 5.41) is 2.94. The largest absolute Gasteiger partial charge is 0.397 e.